The third-order valence-electron chi connectivity index (χ3n) is 4.08. The zero-order valence-electron chi connectivity index (χ0n) is 14.4. The Hall–Kier alpha value is -3.59. The second kappa shape index (κ2) is 7.20. The normalized spacial score (nSPS) is 11.0. The quantitative estimate of drug-likeness (QED) is 0.476. The Morgan fingerprint density at radius 3 is 2.64 bits per heavy atom. The van der Waals surface area contributed by atoms with Gasteiger partial charge >= 0.3 is 5.97 Å². The van der Waals surface area contributed by atoms with Gasteiger partial charge in [-0.2, -0.15) is 5.10 Å². The van der Waals surface area contributed by atoms with E-state index in [1.807, 2.05) is 36.4 Å². The van der Waals surface area contributed by atoms with E-state index in [2.05, 4.69) is 15.4 Å². The van der Waals surface area contributed by atoms with E-state index in [1.165, 1.54) is 22.6 Å². The number of aromatic hydroxyl groups is 1. The Morgan fingerprint density at radius 2 is 1.89 bits per heavy atom. The van der Waals surface area contributed by atoms with E-state index < -0.39 is 18.4 Å². The van der Waals surface area contributed by atoms with Crippen molar-refractivity contribution in [1.82, 2.24) is 19.9 Å². The average molecular weight is 394 g/mol. The molecule has 0 aliphatic carbocycles. The van der Waals surface area contributed by atoms with Gasteiger partial charge in [-0.05, 0) is 18.2 Å². The van der Waals surface area contributed by atoms with Crippen LogP contribution in [0.25, 0.3) is 16.4 Å². The van der Waals surface area contributed by atoms with Gasteiger partial charge in [-0.25, -0.2) is 9.50 Å². The van der Waals surface area contributed by atoms with Gasteiger partial charge in [0.15, 0.2) is 17.1 Å². The predicted octanol–water partition coefficient (Wildman–Crippen LogP) is 2.55. The topological polar surface area (TPSA) is 117 Å². The van der Waals surface area contributed by atoms with Crippen LogP contribution in [0.15, 0.2) is 64.6 Å². The molecule has 9 heteroatoms. The third kappa shape index (κ3) is 3.12. The molecule has 3 N–H and O–H groups in total. The highest BCUT2D eigenvalue weighted by atomic mass is 32.2. The number of hydrogen-bond donors (Lipinski definition) is 3. The van der Waals surface area contributed by atoms with Gasteiger partial charge in [0.05, 0.1) is 0 Å². The van der Waals surface area contributed by atoms with Crippen molar-refractivity contribution >= 4 is 40.1 Å². The van der Waals surface area contributed by atoms with Crippen molar-refractivity contribution in [3.05, 3.63) is 60.6 Å². The summed E-state index contributed by atoms with van der Waals surface area (Å²) >= 11 is 1.50. The number of carboxylic acid groups (broad SMARTS) is 1. The van der Waals surface area contributed by atoms with Gasteiger partial charge in [0.2, 0.25) is 0 Å². The second-order valence-electron chi connectivity index (χ2n) is 5.86. The summed E-state index contributed by atoms with van der Waals surface area (Å²) in [6.07, 6.45) is 1.28. The molecule has 140 valence electrons. The number of aliphatic carboxylic acids is 1. The molecular formula is C19H14N4O4S. The minimum Gasteiger partial charge on any atom is -0.505 e. The van der Waals surface area contributed by atoms with E-state index in [9.17, 15) is 14.7 Å². The molecular weight excluding hydrogens is 380 g/mol. The van der Waals surface area contributed by atoms with E-state index in [0.29, 0.717) is 16.4 Å². The summed E-state index contributed by atoms with van der Waals surface area (Å²) in [5.41, 5.74) is 0.232. The zero-order chi connectivity index (χ0) is 19.7. The highest BCUT2D eigenvalue weighted by molar-refractivity contribution is 7.99. The van der Waals surface area contributed by atoms with E-state index in [4.69, 9.17) is 5.11 Å². The molecule has 0 aliphatic heterocycles. The fourth-order valence-corrected chi connectivity index (χ4v) is 3.90. The first-order chi connectivity index (χ1) is 13.6. The van der Waals surface area contributed by atoms with Gasteiger partial charge in [0.25, 0.3) is 5.91 Å². The van der Waals surface area contributed by atoms with Gasteiger partial charge in [-0.3, -0.25) is 9.59 Å². The lowest BCUT2D eigenvalue weighted by atomic mass is 10.1. The van der Waals surface area contributed by atoms with Crippen molar-refractivity contribution < 1.29 is 19.8 Å². The largest absolute Gasteiger partial charge is 0.505 e. The van der Waals surface area contributed by atoms with Crippen LogP contribution in [0.2, 0.25) is 0 Å². The Balaban J connectivity index is 1.91. The van der Waals surface area contributed by atoms with Crippen LogP contribution in [0.4, 0.5) is 0 Å². The smallest absolute Gasteiger partial charge is 0.322 e. The number of carbonyl (C=O) groups excluding carboxylic acids is 1. The van der Waals surface area contributed by atoms with Gasteiger partial charge in [0.1, 0.15) is 12.9 Å². The van der Waals surface area contributed by atoms with Crippen molar-refractivity contribution in [1.29, 1.82) is 0 Å². The molecule has 0 saturated heterocycles. The molecule has 2 heterocycles. The number of pyridine rings is 1. The highest BCUT2D eigenvalue weighted by Gasteiger charge is 2.23. The van der Waals surface area contributed by atoms with Crippen LogP contribution >= 0.6 is 11.8 Å². The van der Waals surface area contributed by atoms with E-state index in [1.54, 1.807) is 12.1 Å². The maximum Gasteiger partial charge on any atom is 0.322 e. The van der Waals surface area contributed by atoms with Crippen molar-refractivity contribution in [2.75, 3.05) is 6.54 Å². The average Bonchev–Trinajstić information content (AvgIpc) is 3.16. The molecule has 0 fully saturated rings. The number of fused-ring (bicyclic) bond motifs is 3. The molecule has 0 bridgehead atoms. The predicted molar refractivity (Wildman–Crippen MR) is 103 cm³/mol. The van der Waals surface area contributed by atoms with Crippen LogP contribution in [0, 0.1) is 0 Å². The molecule has 0 atom stereocenters. The fourth-order valence-electron chi connectivity index (χ4n) is 2.91. The molecule has 4 aromatic rings. The summed E-state index contributed by atoms with van der Waals surface area (Å²) in [6, 6.07) is 15.1. The summed E-state index contributed by atoms with van der Waals surface area (Å²) in [7, 11) is 0. The number of carbonyl (C=O) groups is 2. The SMILES string of the molecule is O=C(O)CNC(=O)c1c(O)c2cccc(Sc3ccccc3)c2c2ncnn12. The first-order valence-electron chi connectivity index (χ1n) is 8.26. The molecule has 0 saturated carbocycles. The van der Waals surface area contributed by atoms with Crippen molar-refractivity contribution in [3.63, 3.8) is 0 Å². The van der Waals surface area contributed by atoms with Crippen LogP contribution < -0.4 is 5.32 Å². The minimum absolute atomic E-state index is 0.164. The fraction of sp³-hybridized carbons (Fsp3) is 0.0526. The number of hydrogen-bond acceptors (Lipinski definition) is 6. The van der Waals surface area contributed by atoms with Gasteiger partial charge in [0, 0.05) is 20.6 Å². The van der Waals surface area contributed by atoms with Gasteiger partial charge in [-0.15, -0.1) is 0 Å². The van der Waals surface area contributed by atoms with Crippen molar-refractivity contribution in [2.45, 2.75) is 9.79 Å². The number of benzene rings is 2. The first-order valence-corrected chi connectivity index (χ1v) is 9.08. The van der Waals surface area contributed by atoms with Crippen LogP contribution in [0.1, 0.15) is 10.5 Å². The molecule has 1 amide bonds. The lowest BCUT2D eigenvalue weighted by Gasteiger charge is -2.13. The monoisotopic (exact) mass is 394 g/mol. The summed E-state index contributed by atoms with van der Waals surface area (Å²) in [5, 5.41) is 27.0. The number of nitrogens with zero attached hydrogens (tertiary/aromatic N) is 3. The van der Waals surface area contributed by atoms with Crippen molar-refractivity contribution in [3.8, 4) is 5.75 Å². The maximum atomic E-state index is 12.5. The Kier molecular flexibility index (Phi) is 4.58. The number of aromatic nitrogens is 3. The Bertz CT molecular complexity index is 1210. The number of amides is 1. The Labute approximate surface area is 162 Å². The lowest BCUT2D eigenvalue weighted by molar-refractivity contribution is -0.135. The second-order valence-corrected chi connectivity index (χ2v) is 6.98. The molecule has 2 aromatic heterocycles. The van der Waals surface area contributed by atoms with Crippen LogP contribution in [0.5, 0.6) is 5.75 Å². The molecule has 0 unspecified atom stereocenters. The number of rotatable bonds is 5. The molecule has 8 nitrogen and oxygen atoms in total. The summed E-state index contributed by atoms with van der Waals surface area (Å²) in [6.45, 7) is -0.573. The lowest BCUT2D eigenvalue weighted by Crippen LogP contribution is -2.31. The minimum atomic E-state index is -1.19. The summed E-state index contributed by atoms with van der Waals surface area (Å²) in [4.78, 5) is 29.3. The van der Waals surface area contributed by atoms with Crippen LogP contribution in [-0.2, 0) is 4.79 Å². The van der Waals surface area contributed by atoms with Gasteiger partial charge in [-0.1, -0.05) is 42.1 Å². The van der Waals surface area contributed by atoms with E-state index in [-0.39, 0.29) is 11.4 Å². The number of carboxylic acids is 1. The molecule has 2 aromatic carbocycles. The van der Waals surface area contributed by atoms with Crippen LogP contribution in [0.3, 0.4) is 0 Å². The number of nitrogens with one attached hydrogen (secondary N) is 1. The highest BCUT2D eigenvalue weighted by Crippen LogP contribution is 2.39. The van der Waals surface area contributed by atoms with Gasteiger partial charge < -0.3 is 15.5 Å². The summed E-state index contributed by atoms with van der Waals surface area (Å²) in [5.74, 6) is -2.23. The first kappa shape index (κ1) is 17.8. The maximum absolute atomic E-state index is 12.5. The molecule has 28 heavy (non-hydrogen) atoms. The molecule has 0 radical (unpaired) electrons. The molecule has 4 rings (SSSR count). The van der Waals surface area contributed by atoms with E-state index >= 15 is 0 Å². The van der Waals surface area contributed by atoms with Crippen molar-refractivity contribution in [2.24, 2.45) is 0 Å². The zero-order valence-corrected chi connectivity index (χ0v) is 15.2. The van der Waals surface area contributed by atoms with E-state index in [0.717, 1.165) is 9.79 Å². The van der Waals surface area contributed by atoms with Crippen LogP contribution in [-0.4, -0.2) is 43.2 Å². The molecule has 0 spiro atoms. The standard InChI is InChI=1S/C19H14N4O4S/c24-14(25)9-20-19(27)16-17(26)12-7-4-8-13(28-11-5-2-1-3-6-11)15(12)18-21-10-22-23(16)18/h1-8,10,26H,9H2,(H,20,27)(H,24,25). The third-order valence-corrected chi connectivity index (χ3v) is 5.14. The Morgan fingerprint density at radius 1 is 1.11 bits per heavy atom. The summed E-state index contributed by atoms with van der Waals surface area (Å²) < 4.78 is 1.23. The molecule has 0 aliphatic rings.